The van der Waals surface area contributed by atoms with Crippen LogP contribution in [0.15, 0.2) is 48.8 Å². The van der Waals surface area contributed by atoms with Crippen LogP contribution in [0.4, 0.5) is 5.69 Å². The summed E-state index contributed by atoms with van der Waals surface area (Å²) in [6, 6.07) is 11.8. The second-order valence-electron chi connectivity index (χ2n) is 6.62. The molecule has 1 aliphatic heterocycles. The molecule has 0 bridgehead atoms. The van der Waals surface area contributed by atoms with Crippen LogP contribution in [-0.2, 0) is 10.0 Å². The van der Waals surface area contributed by atoms with Crippen molar-refractivity contribution in [2.24, 2.45) is 0 Å². The van der Waals surface area contributed by atoms with Crippen LogP contribution in [0.2, 0.25) is 0 Å². The first-order valence-electron chi connectivity index (χ1n) is 8.94. The van der Waals surface area contributed by atoms with Gasteiger partial charge in [0.05, 0.1) is 19.1 Å². The van der Waals surface area contributed by atoms with E-state index >= 15 is 0 Å². The van der Waals surface area contributed by atoms with Crippen LogP contribution in [0, 0.1) is 0 Å². The molecular formula is C19H26N4O3S. The highest BCUT2D eigenvalue weighted by Crippen LogP contribution is 2.30. The molecule has 8 heteroatoms. The van der Waals surface area contributed by atoms with Crippen molar-refractivity contribution in [2.75, 3.05) is 51.0 Å². The number of rotatable bonds is 7. The number of ether oxygens (including phenoxy) is 1. The van der Waals surface area contributed by atoms with Gasteiger partial charge < -0.3 is 9.64 Å². The van der Waals surface area contributed by atoms with Crippen LogP contribution >= 0.6 is 0 Å². The third-order valence-electron chi connectivity index (χ3n) is 4.79. The summed E-state index contributed by atoms with van der Waals surface area (Å²) >= 11 is 0. The summed E-state index contributed by atoms with van der Waals surface area (Å²) in [6.45, 7) is 3.66. The van der Waals surface area contributed by atoms with Crippen LogP contribution in [-0.4, -0.2) is 64.4 Å². The molecule has 2 heterocycles. The maximum absolute atomic E-state index is 11.6. The Kier molecular flexibility index (Phi) is 6.30. The van der Waals surface area contributed by atoms with Crippen LogP contribution in [0.25, 0.3) is 0 Å². The molecule has 1 saturated heterocycles. The Bertz CT molecular complexity index is 837. The zero-order valence-corrected chi connectivity index (χ0v) is 16.5. The van der Waals surface area contributed by atoms with E-state index in [1.54, 1.807) is 19.5 Å². The zero-order chi connectivity index (χ0) is 19.3. The van der Waals surface area contributed by atoms with E-state index in [9.17, 15) is 8.42 Å². The number of pyridine rings is 1. The fourth-order valence-corrected chi connectivity index (χ4v) is 3.89. The van der Waals surface area contributed by atoms with Crippen molar-refractivity contribution in [3.8, 4) is 5.75 Å². The molecule has 1 aromatic heterocycles. The highest BCUT2D eigenvalue weighted by atomic mass is 32.2. The predicted octanol–water partition coefficient (Wildman–Crippen LogP) is 1.50. The van der Waals surface area contributed by atoms with E-state index in [0.717, 1.165) is 43.2 Å². The molecule has 0 aliphatic carbocycles. The number of sulfonamides is 1. The maximum Gasteiger partial charge on any atom is 0.208 e. The number of piperazine rings is 1. The Balaban J connectivity index is 1.72. The number of anilines is 1. The smallest absolute Gasteiger partial charge is 0.208 e. The highest BCUT2D eigenvalue weighted by molar-refractivity contribution is 7.88. The second kappa shape index (κ2) is 8.69. The second-order valence-corrected chi connectivity index (χ2v) is 8.45. The van der Waals surface area contributed by atoms with E-state index in [1.165, 1.54) is 6.26 Å². The molecule has 0 unspecified atom stereocenters. The van der Waals surface area contributed by atoms with Gasteiger partial charge in [-0.1, -0.05) is 18.2 Å². The molecule has 27 heavy (non-hydrogen) atoms. The number of methoxy groups -OCH3 is 1. The monoisotopic (exact) mass is 390 g/mol. The third kappa shape index (κ3) is 5.18. The lowest BCUT2D eigenvalue weighted by Gasteiger charge is -2.40. The first-order chi connectivity index (χ1) is 13.0. The molecule has 1 N–H and O–H groups in total. The fourth-order valence-electron chi connectivity index (χ4n) is 3.43. The van der Waals surface area contributed by atoms with Gasteiger partial charge in [0.1, 0.15) is 5.75 Å². The van der Waals surface area contributed by atoms with Gasteiger partial charge in [-0.3, -0.25) is 9.88 Å². The lowest BCUT2D eigenvalue weighted by Crippen LogP contribution is -2.50. The summed E-state index contributed by atoms with van der Waals surface area (Å²) in [6.07, 6.45) is 4.72. The summed E-state index contributed by atoms with van der Waals surface area (Å²) in [7, 11) is -1.57. The van der Waals surface area contributed by atoms with Gasteiger partial charge in [0, 0.05) is 51.2 Å². The van der Waals surface area contributed by atoms with Gasteiger partial charge >= 0.3 is 0 Å². The molecule has 146 valence electrons. The number of hydrogen-bond acceptors (Lipinski definition) is 6. The van der Waals surface area contributed by atoms with Crippen molar-refractivity contribution in [1.82, 2.24) is 14.6 Å². The van der Waals surface area contributed by atoms with E-state index in [0.29, 0.717) is 6.54 Å². The summed E-state index contributed by atoms with van der Waals surface area (Å²) in [5, 5.41) is 0. The minimum atomic E-state index is -3.25. The molecule has 2 aromatic rings. The number of hydrogen-bond donors (Lipinski definition) is 1. The van der Waals surface area contributed by atoms with E-state index in [1.807, 2.05) is 30.3 Å². The quantitative estimate of drug-likeness (QED) is 0.772. The lowest BCUT2D eigenvalue weighted by atomic mass is 10.1. The largest absolute Gasteiger partial charge is 0.495 e. The number of nitrogens with one attached hydrogen (secondary N) is 1. The van der Waals surface area contributed by atoms with Gasteiger partial charge in [0.2, 0.25) is 10.0 Å². The predicted molar refractivity (Wildman–Crippen MR) is 107 cm³/mol. The van der Waals surface area contributed by atoms with Crippen molar-refractivity contribution < 1.29 is 13.2 Å². The normalized spacial score (nSPS) is 16.9. The molecule has 0 saturated carbocycles. The lowest BCUT2D eigenvalue weighted by molar-refractivity contribution is 0.186. The molecule has 0 spiro atoms. The molecule has 0 radical (unpaired) electrons. The van der Waals surface area contributed by atoms with Gasteiger partial charge in [-0.2, -0.15) is 0 Å². The van der Waals surface area contributed by atoms with Crippen molar-refractivity contribution >= 4 is 15.7 Å². The minimum absolute atomic E-state index is 0.0479. The number of para-hydroxylation sites is 2. The van der Waals surface area contributed by atoms with Crippen molar-refractivity contribution in [3.05, 3.63) is 54.4 Å². The first-order valence-corrected chi connectivity index (χ1v) is 10.8. The Labute approximate surface area is 161 Å². The van der Waals surface area contributed by atoms with Crippen LogP contribution < -0.4 is 14.4 Å². The number of benzene rings is 1. The topological polar surface area (TPSA) is 74.8 Å². The van der Waals surface area contributed by atoms with E-state index in [4.69, 9.17) is 4.74 Å². The van der Waals surface area contributed by atoms with Gasteiger partial charge in [-0.05, 0) is 23.8 Å². The third-order valence-corrected chi connectivity index (χ3v) is 5.48. The SMILES string of the molecule is COc1ccccc1N1CCN([C@@H](CNS(C)(=O)=O)c2cccnc2)CC1. The number of aromatic nitrogens is 1. The van der Waals surface area contributed by atoms with E-state index in [-0.39, 0.29) is 6.04 Å². The Morgan fingerprint density at radius 3 is 2.52 bits per heavy atom. The average molecular weight is 391 g/mol. The maximum atomic E-state index is 11.6. The molecule has 3 rings (SSSR count). The Morgan fingerprint density at radius 1 is 1.15 bits per heavy atom. The molecule has 0 amide bonds. The van der Waals surface area contributed by atoms with Gasteiger partial charge in [0.25, 0.3) is 0 Å². The Hall–Kier alpha value is -2.16. The molecule has 7 nitrogen and oxygen atoms in total. The van der Waals surface area contributed by atoms with Crippen LogP contribution in [0.1, 0.15) is 11.6 Å². The molecule has 1 fully saturated rings. The summed E-state index contributed by atoms with van der Waals surface area (Å²) in [5.74, 6) is 0.869. The standard InChI is InChI=1S/C19H26N4O3S/c1-26-19-8-4-3-7-17(19)22-10-12-23(13-11-22)18(15-21-27(2,24)25)16-6-5-9-20-14-16/h3-9,14,18,21H,10-13,15H2,1-2H3/t18-/m0/s1. The van der Waals surface area contributed by atoms with Crippen molar-refractivity contribution in [3.63, 3.8) is 0 Å². The zero-order valence-electron chi connectivity index (χ0n) is 15.7. The van der Waals surface area contributed by atoms with Gasteiger partial charge in [-0.15, -0.1) is 0 Å². The minimum Gasteiger partial charge on any atom is -0.495 e. The molecule has 1 aromatic carbocycles. The van der Waals surface area contributed by atoms with Crippen molar-refractivity contribution in [1.29, 1.82) is 0 Å². The highest BCUT2D eigenvalue weighted by Gasteiger charge is 2.27. The molecule has 1 aliphatic rings. The average Bonchev–Trinajstić information content (AvgIpc) is 2.68. The summed E-state index contributed by atoms with van der Waals surface area (Å²) in [4.78, 5) is 8.81. The summed E-state index contributed by atoms with van der Waals surface area (Å²) < 4.78 is 31.3. The number of nitrogens with zero attached hydrogens (tertiary/aromatic N) is 3. The molecule has 1 atom stereocenters. The van der Waals surface area contributed by atoms with E-state index in [2.05, 4.69) is 25.6 Å². The van der Waals surface area contributed by atoms with E-state index < -0.39 is 10.0 Å². The Morgan fingerprint density at radius 2 is 1.89 bits per heavy atom. The van der Waals surface area contributed by atoms with Gasteiger partial charge in [0.15, 0.2) is 0 Å². The van der Waals surface area contributed by atoms with Crippen LogP contribution in [0.3, 0.4) is 0 Å². The molecular weight excluding hydrogens is 364 g/mol. The first kappa shape index (κ1) is 19.6. The van der Waals surface area contributed by atoms with Gasteiger partial charge in [-0.25, -0.2) is 13.1 Å². The van der Waals surface area contributed by atoms with Crippen molar-refractivity contribution in [2.45, 2.75) is 6.04 Å². The van der Waals surface area contributed by atoms with Crippen LogP contribution in [0.5, 0.6) is 5.75 Å². The summed E-state index contributed by atoms with van der Waals surface area (Å²) in [5.41, 5.74) is 2.10. The fraction of sp³-hybridized carbons (Fsp3) is 0.421.